The Morgan fingerprint density at radius 1 is 1.00 bits per heavy atom. The maximum Gasteiger partial charge on any atom is 0.257 e. The number of rotatable bonds is 7. The summed E-state index contributed by atoms with van der Waals surface area (Å²) in [5.41, 5.74) is 2.16. The van der Waals surface area contributed by atoms with E-state index in [2.05, 4.69) is 20.9 Å². The third-order valence-corrected chi connectivity index (χ3v) is 6.43. The number of methoxy groups -OCH3 is 2. The molecular formula is C24H24N4O5S. The highest BCUT2D eigenvalue weighted by molar-refractivity contribution is 7.16. The molecule has 0 spiro atoms. The average Bonchev–Trinajstić information content (AvgIpc) is 3.39. The fraction of sp³-hybridized carbons (Fsp3) is 0.250. The normalized spacial score (nSPS) is 14.1. The van der Waals surface area contributed by atoms with Gasteiger partial charge in [-0.2, -0.15) is 0 Å². The number of hydrogen-bond acceptors (Lipinski definition) is 7. The number of carbonyl (C=O) groups excluding carboxylic acids is 3. The summed E-state index contributed by atoms with van der Waals surface area (Å²) < 4.78 is 10.5. The van der Waals surface area contributed by atoms with Crippen molar-refractivity contribution < 1.29 is 23.9 Å². The average molecular weight is 481 g/mol. The molecule has 0 fully saturated rings. The van der Waals surface area contributed by atoms with E-state index in [1.807, 2.05) is 0 Å². The number of aryl methyl sites for hydroxylation is 1. The molecule has 0 saturated carbocycles. The van der Waals surface area contributed by atoms with Crippen LogP contribution in [0.4, 0.5) is 16.5 Å². The Hall–Kier alpha value is -3.92. The molecule has 10 heteroatoms. The lowest BCUT2D eigenvalue weighted by Crippen LogP contribution is -2.20. The number of aromatic nitrogens is 1. The molecule has 34 heavy (non-hydrogen) atoms. The van der Waals surface area contributed by atoms with Crippen LogP contribution in [0, 0.1) is 0 Å². The van der Waals surface area contributed by atoms with Crippen LogP contribution in [-0.2, 0) is 16.0 Å². The first kappa shape index (κ1) is 23.2. The van der Waals surface area contributed by atoms with Crippen molar-refractivity contribution in [3.8, 4) is 11.5 Å². The van der Waals surface area contributed by atoms with Crippen LogP contribution in [0.2, 0.25) is 0 Å². The highest BCUT2D eigenvalue weighted by Gasteiger charge is 2.33. The fourth-order valence-electron chi connectivity index (χ4n) is 3.75. The van der Waals surface area contributed by atoms with Crippen LogP contribution in [0.25, 0.3) is 0 Å². The maximum atomic E-state index is 13.1. The molecule has 1 aromatic heterocycles. The lowest BCUT2D eigenvalue weighted by molar-refractivity contribution is -0.117. The molecule has 0 aliphatic heterocycles. The van der Waals surface area contributed by atoms with Crippen molar-refractivity contribution in [3.63, 3.8) is 0 Å². The van der Waals surface area contributed by atoms with E-state index in [-0.39, 0.29) is 17.7 Å². The lowest BCUT2D eigenvalue weighted by Gasteiger charge is -2.15. The molecule has 4 rings (SSSR count). The number of ether oxygens (including phenoxy) is 2. The monoisotopic (exact) mass is 480 g/mol. The summed E-state index contributed by atoms with van der Waals surface area (Å²) in [6.45, 7) is 1.41. The summed E-state index contributed by atoms with van der Waals surface area (Å²) in [5.74, 6) is -0.0307. The Balaban J connectivity index is 1.47. The van der Waals surface area contributed by atoms with Crippen molar-refractivity contribution in [2.45, 2.75) is 25.7 Å². The van der Waals surface area contributed by atoms with Gasteiger partial charge in [0.15, 0.2) is 5.13 Å². The maximum absolute atomic E-state index is 13.1. The van der Waals surface area contributed by atoms with Gasteiger partial charge in [-0.3, -0.25) is 19.7 Å². The molecule has 3 N–H and O–H groups in total. The second-order valence-corrected chi connectivity index (χ2v) is 8.77. The van der Waals surface area contributed by atoms with Crippen LogP contribution < -0.4 is 25.4 Å². The molecule has 1 aliphatic carbocycles. The topological polar surface area (TPSA) is 119 Å². The Labute approximate surface area is 200 Å². The highest BCUT2D eigenvalue weighted by atomic mass is 32.1. The summed E-state index contributed by atoms with van der Waals surface area (Å²) in [4.78, 5) is 42.6. The van der Waals surface area contributed by atoms with E-state index in [0.29, 0.717) is 52.1 Å². The largest absolute Gasteiger partial charge is 0.497 e. The molecule has 0 radical (unpaired) electrons. The van der Waals surface area contributed by atoms with Crippen LogP contribution in [0.1, 0.15) is 40.2 Å². The number of amides is 3. The standard InChI is InChI=1S/C24H24N4O5S/c1-13(29)25-15-6-10-19(33-3)18(12-15)26-23(31)17-9-11-20-21(17)27-24(34-20)28-22(30)14-4-7-16(32-2)8-5-14/h4-8,10,12,17H,9,11H2,1-3H3,(H,25,29)(H,26,31)(H,27,28,30). The van der Waals surface area contributed by atoms with Crippen LogP contribution in [0.5, 0.6) is 11.5 Å². The van der Waals surface area contributed by atoms with Gasteiger partial charge in [0.2, 0.25) is 11.8 Å². The second kappa shape index (κ2) is 9.92. The van der Waals surface area contributed by atoms with Crippen molar-refractivity contribution in [1.82, 2.24) is 4.98 Å². The molecule has 2 aromatic carbocycles. The number of benzene rings is 2. The Kier molecular flexibility index (Phi) is 6.78. The predicted octanol–water partition coefficient (Wildman–Crippen LogP) is 4.04. The van der Waals surface area contributed by atoms with Crippen LogP contribution in [0.3, 0.4) is 0 Å². The summed E-state index contributed by atoms with van der Waals surface area (Å²) in [7, 11) is 3.07. The van der Waals surface area contributed by atoms with Crippen LogP contribution in [0.15, 0.2) is 42.5 Å². The summed E-state index contributed by atoms with van der Waals surface area (Å²) >= 11 is 1.38. The molecule has 9 nitrogen and oxygen atoms in total. The molecule has 1 unspecified atom stereocenters. The minimum absolute atomic E-state index is 0.213. The molecule has 0 bridgehead atoms. The quantitative estimate of drug-likeness (QED) is 0.470. The number of nitrogens with zero attached hydrogens (tertiary/aromatic N) is 1. The molecule has 1 aliphatic rings. The number of nitrogens with one attached hydrogen (secondary N) is 3. The first-order chi connectivity index (χ1) is 16.4. The minimum atomic E-state index is -0.452. The van der Waals surface area contributed by atoms with Gasteiger partial charge >= 0.3 is 0 Å². The first-order valence-electron chi connectivity index (χ1n) is 10.6. The fourth-order valence-corrected chi connectivity index (χ4v) is 4.79. The van der Waals surface area contributed by atoms with Crippen LogP contribution >= 0.6 is 11.3 Å². The third-order valence-electron chi connectivity index (χ3n) is 5.38. The second-order valence-electron chi connectivity index (χ2n) is 7.69. The molecule has 1 heterocycles. The summed E-state index contributed by atoms with van der Waals surface area (Å²) in [6, 6.07) is 11.8. The van der Waals surface area contributed by atoms with Gasteiger partial charge in [0.25, 0.3) is 5.91 Å². The first-order valence-corrected chi connectivity index (χ1v) is 11.4. The lowest BCUT2D eigenvalue weighted by atomic mass is 10.1. The molecule has 0 saturated heterocycles. The molecule has 3 aromatic rings. The Bertz CT molecular complexity index is 1240. The van der Waals surface area contributed by atoms with E-state index in [1.54, 1.807) is 49.6 Å². The summed E-state index contributed by atoms with van der Waals surface area (Å²) in [5, 5.41) is 8.85. The van der Waals surface area contributed by atoms with E-state index >= 15 is 0 Å². The van der Waals surface area contributed by atoms with Crippen molar-refractivity contribution in [3.05, 3.63) is 58.6 Å². The van der Waals surface area contributed by atoms with E-state index in [0.717, 1.165) is 4.88 Å². The van der Waals surface area contributed by atoms with Crippen molar-refractivity contribution in [2.75, 3.05) is 30.2 Å². The smallest absolute Gasteiger partial charge is 0.257 e. The third kappa shape index (κ3) is 5.01. The number of hydrogen-bond donors (Lipinski definition) is 3. The number of fused-ring (bicyclic) bond motifs is 1. The van der Waals surface area contributed by atoms with Crippen LogP contribution in [-0.4, -0.2) is 36.9 Å². The van der Waals surface area contributed by atoms with Gasteiger partial charge in [-0.05, 0) is 55.3 Å². The van der Waals surface area contributed by atoms with Crippen molar-refractivity contribution in [2.24, 2.45) is 0 Å². The number of thiazole rings is 1. The van der Waals surface area contributed by atoms with Gasteiger partial charge in [-0.1, -0.05) is 0 Å². The van der Waals surface area contributed by atoms with Gasteiger partial charge < -0.3 is 20.1 Å². The zero-order chi connectivity index (χ0) is 24.2. The highest BCUT2D eigenvalue weighted by Crippen LogP contribution is 2.39. The Morgan fingerprint density at radius 2 is 1.76 bits per heavy atom. The number of anilines is 3. The minimum Gasteiger partial charge on any atom is -0.497 e. The summed E-state index contributed by atoms with van der Waals surface area (Å²) in [6.07, 6.45) is 1.33. The zero-order valence-corrected chi connectivity index (χ0v) is 19.7. The predicted molar refractivity (Wildman–Crippen MR) is 130 cm³/mol. The van der Waals surface area contributed by atoms with Gasteiger partial charge in [0.1, 0.15) is 11.5 Å². The van der Waals surface area contributed by atoms with Gasteiger partial charge in [0, 0.05) is 23.1 Å². The van der Waals surface area contributed by atoms with E-state index in [1.165, 1.54) is 25.4 Å². The zero-order valence-electron chi connectivity index (χ0n) is 18.9. The SMILES string of the molecule is COc1ccc(C(=O)Nc2nc3c(s2)CCC3C(=O)Nc2cc(NC(C)=O)ccc2OC)cc1. The van der Waals surface area contributed by atoms with Gasteiger partial charge in [-0.15, -0.1) is 11.3 Å². The number of carbonyl (C=O) groups is 3. The van der Waals surface area contributed by atoms with Crippen molar-refractivity contribution in [1.29, 1.82) is 0 Å². The molecule has 3 amide bonds. The van der Waals surface area contributed by atoms with Gasteiger partial charge in [-0.25, -0.2) is 4.98 Å². The molecule has 1 atom stereocenters. The van der Waals surface area contributed by atoms with E-state index in [9.17, 15) is 14.4 Å². The van der Waals surface area contributed by atoms with Crippen molar-refractivity contribution >= 4 is 45.6 Å². The molecule has 176 valence electrons. The molecular weight excluding hydrogens is 456 g/mol. The van der Waals surface area contributed by atoms with E-state index in [4.69, 9.17) is 9.47 Å². The Morgan fingerprint density at radius 3 is 2.44 bits per heavy atom. The van der Waals surface area contributed by atoms with Gasteiger partial charge in [0.05, 0.1) is 31.5 Å². The van der Waals surface area contributed by atoms with E-state index < -0.39 is 5.92 Å².